The van der Waals surface area contributed by atoms with E-state index in [1.54, 1.807) is 0 Å². The van der Waals surface area contributed by atoms with Crippen LogP contribution in [0.15, 0.2) is 50.7 Å². The smallest absolute Gasteiger partial charge is 0.174 e. The van der Waals surface area contributed by atoms with E-state index in [2.05, 4.69) is 55.8 Å². The van der Waals surface area contributed by atoms with Gasteiger partial charge in [0.05, 0.1) is 12.3 Å². The molecule has 2 heterocycles. The first-order chi connectivity index (χ1) is 11.4. The normalized spacial score (nSPS) is 22.2. The van der Waals surface area contributed by atoms with Gasteiger partial charge in [0.2, 0.25) is 0 Å². The first-order valence-corrected chi connectivity index (χ1v) is 8.15. The molecule has 0 fully saturated rings. The van der Waals surface area contributed by atoms with Crippen LogP contribution in [0.3, 0.4) is 0 Å². The zero-order chi connectivity index (χ0) is 15.2. The average molecular weight is 306 g/mol. The van der Waals surface area contributed by atoms with Gasteiger partial charge in [-0.25, -0.2) is 0 Å². The number of amidine groups is 1. The number of rotatable bonds is 1. The lowest BCUT2D eigenvalue weighted by Gasteiger charge is -2.19. The number of nitrogens with one attached hydrogen (secondary N) is 3. The lowest BCUT2D eigenvalue weighted by molar-refractivity contribution is 0.640. The Labute approximate surface area is 134 Å². The van der Waals surface area contributed by atoms with Crippen LogP contribution in [-0.4, -0.2) is 29.8 Å². The summed E-state index contributed by atoms with van der Waals surface area (Å²) in [5, 5.41) is 16.9. The molecule has 0 atom stereocenters. The summed E-state index contributed by atoms with van der Waals surface area (Å²) in [5.41, 5.74) is 13.4. The van der Waals surface area contributed by atoms with Crippen molar-refractivity contribution in [1.29, 1.82) is 0 Å². The van der Waals surface area contributed by atoms with Crippen LogP contribution >= 0.6 is 0 Å². The van der Waals surface area contributed by atoms with Gasteiger partial charge in [-0.2, -0.15) is 20.8 Å². The third-order valence-corrected chi connectivity index (χ3v) is 4.99. The molecule has 0 saturated carbocycles. The van der Waals surface area contributed by atoms with Crippen molar-refractivity contribution in [2.75, 3.05) is 6.54 Å². The molecule has 116 valence electrons. The van der Waals surface area contributed by atoms with Crippen molar-refractivity contribution in [1.82, 2.24) is 16.3 Å². The zero-order valence-corrected chi connectivity index (χ0v) is 12.8. The van der Waals surface area contributed by atoms with Crippen LogP contribution in [0.2, 0.25) is 0 Å². The molecule has 0 spiro atoms. The Morgan fingerprint density at radius 3 is 2.65 bits per heavy atom. The van der Waals surface area contributed by atoms with Gasteiger partial charge in [0.15, 0.2) is 5.84 Å². The molecule has 3 N–H and O–H groups in total. The van der Waals surface area contributed by atoms with Gasteiger partial charge < -0.3 is 10.7 Å². The van der Waals surface area contributed by atoms with Crippen LogP contribution in [0, 0.1) is 0 Å². The molecule has 0 amide bonds. The lowest BCUT2D eigenvalue weighted by atomic mass is 10.0. The quantitative estimate of drug-likeness (QED) is 0.726. The number of hydrazone groups is 3. The van der Waals surface area contributed by atoms with Gasteiger partial charge >= 0.3 is 0 Å². The molecule has 0 saturated heterocycles. The van der Waals surface area contributed by atoms with Crippen LogP contribution in [0.4, 0.5) is 0 Å². The summed E-state index contributed by atoms with van der Waals surface area (Å²) in [5.74, 6) is 0.828. The molecule has 0 radical (unpaired) electrons. The minimum atomic E-state index is 0.363. The molecule has 0 unspecified atom stereocenters. The summed E-state index contributed by atoms with van der Waals surface area (Å²) in [4.78, 5) is 0. The van der Waals surface area contributed by atoms with E-state index in [0.717, 1.165) is 49.5 Å². The van der Waals surface area contributed by atoms with Gasteiger partial charge in [-0.15, -0.1) is 0 Å². The maximum absolute atomic E-state index is 4.54. The molecular formula is C17H18N6. The molecule has 6 nitrogen and oxygen atoms in total. The monoisotopic (exact) mass is 306 g/mol. The number of fused-ring (bicyclic) bond motifs is 1. The number of benzene rings is 1. The van der Waals surface area contributed by atoms with E-state index in [4.69, 9.17) is 0 Å². The Morgan fingerprint density at radius 1 is 1.00 bits per heavy atom. The summed E-state index contributed by atoms with van der Waals surface area (Å²) in [6.45, 7) is 0.781. The van der Waals surface area contributed by atoms with Gasteiger partial charge in [-0.1, -0.05) is 24.3 Å². The van der Waals surface area contributed by atoms with E-state index >= 15 is 0 Å². The molecule has 2 aliphatic heterocycles. The molecule has 23 heavy (non-hydrogen) atoms. The van der Waals surface area contributed by atoms with E-state index in [-0.39, 0.29) is 0 Å². The Morgan fingerprint density at radius 2 is 1.83 bits per heavy atom. The lowest BCUT2D eigenvalue weighted by Crippen LogP contribution is -2.43. The van der Waals surface area contributed by atoms with Gasteiger partial charge in [0.1, 0.15) is 5.71 Å². The van der Waals surface area contributed by atoms with Crippen LogP contribution in [0.5, 0.6) is 0 Å². The minimum absolute atomic E-state index is 0.363. The zero-order valence-electron chi connectivity index (χ0n) is 12.8. The molecule has 0 bridgehead atoms. The average Bonchev–Trinajstić information content (AvgIpc) is 3.12. The predicted octanol–water partition coefficient (Wildman–Crippen LogP) is 1.07. The summed E-state index contributed by atoms with van der Waals surface area (Å²) in [7, 11) is 0. The Hall–Kier alpha value is -2.63. The van der Waals surface area contributed by atoms with Gasteiger partial charge in [0.25, 0.3) is 0 Å². The third-order valence-electron chi connectivity index (χ3n) is 4.99. The number of nitrogens with zero attached hydrogens (tertiary/aromatic N) is 3. The summed E-state index contributed by atoms with van der Waals surface area (Å²) < 4.78 is 0. The van der Waals surface area contributed by atoms with E-state index in [9.17, 15) is 0 Å². The highest BCUT2D eigenvalue weighted by Crippen LogP contribution is 2.28. The van der Waals surface area contributed by atoms with Crippen molar-refractivity contribution >= 4 is 17.3 Å². The van der Waals surface area contributed by atoms with Crippen molar-refractivity contribution in [3.63, 3.8) is 0 Å². The standard InChI is InChI=1S/C17H18N6/c1-2-4-11-8-13(7-10(11)3-1)19-17-16-15-12(9-18-22-17)5-6-14(15)20-23-21-16/h1-4,13,18,23H,5-9H2,(H,19,22). The Balaban J connectivity index is 1.42. The molecule has 6 heteroatoms. The van der Waals surface area contributed by atoms with Crippen molar-refractivity contribution in [2.45, 2.75) is 31.7 Å². The minimum Gasteiger partial charge on any atom is -0.363 e. The van der Waals surface area contributed by atoms with Crippen molar-refractivity contribution in [3.05, 3.63) is 46.5 Å². The number of hydrogen-bond acceptors (Lipinski definition) is 6. The van der Waals surface area contributed by atoms with Crippen LogP contribution in [0.25, 0.3) is 0 Å². The maximum Gasteiger partial charge on any atom is 0.174 e. The maximum atomic E-state index is 4.54. The van der Waals surface area contributed by atoms with Crippen molar-refractivity contribution in [3.8, 4) is 0 Å². The highest BCUT2D eigenvalue weighted by atomic mass is 15.5. The first-order valence-electron chi connectivity index (χ1n) is 8.15. The summed E-state index contributed by atoms with van der Waals surface area (Å²) in [6, 6.07) is 9.01. The Bertz CT molecular complexity index is 776. The molecule has 1 aromatic rings. The van der Waals surface area contributed by atoms with E-state index in [1.165, 1.54) is 22.3 Å². The number of hydrogen-bond donors (Lipinski definition) is 3. The topological polar surface area (TPSA) is 73.2 Å². The fourth-order valence-electron chi connectivity index (χ4n) is 3.90. The third kappa shape index (κ3) is 2.05. The van der Waals surface area contributed by atoms with E-state index in [0.29, 0.717) is 6.04 Å². The van der Waals surface area contributed by atoms with Crippen LogP contribution in [-0.2, 0) is 12.8 Å². The van der Waals surface area contributed by atoms with Crippen molar-refractivity contribution < 1.29 is 0 Å². The van der Waals surface area contributed by atoms with Crippen LogP contribution in [0.1, 0.15) is 24.0 Å². The first kappa shape index (κ1) is 12.9. The van der Waals surface area contributed by atoms with E-state index < -0.39 is 0 Å². The van der Waals surface area contributed by atoms with Crippen LogP contribution < -0.4 is 16.3 Å². The second kappa shape index (κ2) is 4.94. The highest BCUT2D eigenvalue weighted by Gasteiger charge is 2.33. The molecule has 5 rings (SSSR count). The summed E-state index contributed by atoms with van der Waals surface area (Å²) >= 11 is 0. The largest absolute Gasteiger partial charge is 0.363 e. The Kier molecular flexibility index (Phi) is 2.76. The summed E-state index contributed by atoms with van der Waals surface area (Å²) in [6.07, 6.45) is 4.09. The molecule has 2 aliphatic carbocycles. The second-order valence-corrected chi connectivity index (χ2v) is 6.41. The van der Waals surface area contributed by atoms with E-state index in [1.807, 2.05) is 0 Å². The molecule has 4 aliphatic rings. The molecule has 1 aromatic carbocycles. The fraction of sp³-hybridized carbons (Fsp3) is 0.353. The SMILES string of the molecule is c1ccc2c(c1)CC(NC1=NNCC3=C4C(=NNN=C14)CC3)C2. The highest BCUT2D eigenvalue weighted by molar-refractivity contribution is 6.54. The van der Waals surface area contributed by atoms with Crippen molar-refractivity contribution in [2.24, 2.45) is 15.3 Å². The van der Waals surface area contributed by atoms with Gasteiger partial charge in [-0.3, -0.25) is 0 Å². The second-order valence-electron chi connectivity index (χ2n) is 6.41. The van der Waals surface area contributed by atoms with Gasteiger partial charge in [0, 0.05) is 11.6 Å². The molecule has 0 aromatic heterocycles. The fourth-order valence-corrected chi connectivity index (χ4v) is 3.90. The predicted molar refractivity (Wildman–Crippen MR) is 90.5 cm³/mol. The molecular weight excluding hydrogens is 288 g/mol. The van der Waals surface area contributed by atoms with Gasteiger partial charge in [-0.05, 0) is 42.4 Å².